The van der Waals surface area contributed by atoms with Gasteiger partial charge in [-0.15, -0.1) is 0 Å². The van der Waals surface area contributed by atoms with Crippen LogP contribution in [-0.4, -0.2) is 0 Å². The second-order valence-electron chi connectivity index (χ2n) is 7.22. The summed E-state index contributed by atoms with van der Waals surface area (Å²) in [6.07, 6.45) is 5.95. The highest BCUT2D eigenvalue weighted by Crippen LogP contribution is 2.32. The molecule has 4 aromatic rings. The number of aryl methyl sites for hydroxylation is 2. The molecule has 0 spiro atoms. The van der Waals surface area contributed by atoms with Crippen molar-refractivity contribution in [3.63, 3.8) is 0 Å². The molecule has 1 nitrogen and oxygen atoms in total. The van der Waals surface area contributed by atoms with Gasteiger partial charge >= 0.3 is 0 Å². The number of aromatic nitrogens is 1. The van der Waals surface area contributed by atoms with Gasteiger partial charge in [0.1, 0.15) is 0 Å². The molecule has 1 heterocycles. The van der Waals surface area contributed by atoms with Gasteiger partial charge in [-0.1, -0.05) is 49.1 Å². The van der Waals surface area contributed by atoms with E-state index in [1.54, 1.807) is 0 Å². The minimum absolute atomic E-state index is 1.16. The van der Waals surface area contributed by atoms with Crippen molar-refractivity contribution in [3.8, 4) is 11.3 Å². The molecular weight excluding hydrogens is 326 g/mol. The first kappa shape index (κ1) is 17.2. The van der Waals surface area contributed by atoms with Crippen LogP contribution in [0.3, 0.4) is 0 Å². The summed E-state index contributed by atoms with van der Waals surface area (Å²) >= 11 is 0. The van der Waals surface area contributed by atoms with Gasteiger partial charge in [0.25, 0.3) is 0 Å². The summed E-state index contributed by atoms with van der Waals surface area (Å²) in [6.45, 7) is 10.3. The fourth-order valence-electron chi connectivity index (χ4n) is 3.89. The van der Waals surface area contributed by atoms with Crippen LogP contribution in [0.2, 0.25) is 0 Å². The van der Waals surface area contributed by atoms with Gasteiger partial charge in [-0.05, 0) is 72.0 Å². The molecule has 1 aromatic heterocycles. The Labute approximate surface area is 160 Å². The standard InChI is InChI=1S/C26H23N/c1-5-7-18(3)20-14-17(2)15-21(16-20)26-25-11-10-22-19(4)8-6-9-23(22)24(25)12-13-27-26/h5-16H,1H2,2-4H3/p+1/b18-7+. The SMILES string of the molecule is C=C/C=C(\C)c1cc(C)cc(-c2[nH+]ccc3c2ccc2c(C)cccc23)c1. The first-order valence-electron chi connectivity index (χ1n) is 9.33. The molecule has 0 unspecified atom stereocenters. The minimum Gasteiger partial charge on any atom is -0.211 e. The summed E-state index contributed by atoms with van der Waals surface area (Å²) in [7, 11) is 0. The van der Waals surface area contributed by atoms with E-state index in [1.807, 2.05) is 12.3 Å². The van der Waals surface area contributed by atoms with E-state index >= 15 is 0 Å². The van der Waals surface area contributed by atoms with E-state index < -0.39 is 0 Å². The van der Waals surface area contributed by atoms with Crippen molar-refractivity contribution in [1.82, 2.24) is 0 Å². The Morgan fingerprint density at radius 3 is 2.48 bits per heavy atom. The van der Waals surface area contributed by atoms with E-state index in [1.165, 1.54) is 49.4 Å². The molecule has 0 atom stereocenters. The number of rotatable bonds is 3. The second kappa shape index (κ2) is 6.85. The van der Waals surface area contributed by atoms with Gasteiger partial charge < -0.3 is 0 Å². The predicted octanol–water partition coefficient (Wildman–Crippen LogP) is 6.68. The van der Waals surface area contributed by atoms with Crippen LogP contribution in [0.5, 0.6) is 0 Å². The largest absolute Gasteiger partial charge is 0.218 e. The number of benzene rings is 3. The summed E-state index contributed by atoms with van der Waals surface area (Å²) in [5.74, 6) is 0. The second-order valence-corrected chi connectivity index (χ2v) is 7.22. The highest BCUT2D eigenvalue weighted by atomic mass is 14.7. The van der Waals surface area contributed by atoms with Crippen molar-refractivity contribution in [2.75, 3.05) is 0 Å². The molecule has 1 N–H and O–H groups in total. The Kier molecular flexibility index (Phi) is 4.37. The summed E-state index contributed by atoms with van der Waals surface area (Å²) in [6, 6.07) is 19.9. The van der Waals surface area contributed by atoms with Crippen LogP contribution in [0.25, 0.3) is 38.4 Å². The first-order valence-corrected chi connectivity index (χ1v) is 9.33. The molecule has 0 fully saturated rings. The van der Waals surface area contributed by atoms with E-state index in [2.05, 4.69) is 93.0 Å². The molecule has 132 valence electrons. The van der Waals surface area contributed by atoms with Crippen LogP contribution in [0.1, 0.15) is 23.6 Å². The Morgan fingerprint density at radius 1 is 0.889 bits per heavy atom. The fourth-order valence-corrected chi connectivity index (χ4v) is 3.89. The van der Waals surface area contributed by atoms with E-state index in [-0.39, 0.29) is 0 Å². The number of allylic oxidation sites excluding steroid dienone is 3. The highest BCUT2D eigenvalue weighted by molar-refractivity contribution is 6.11. The maximum Gasteiger partial charge on any atom is 0.218 e. The number of fused-ring (bicyclic) bond motifs is 3. The lowest BCUT2D eigenvalue weighted by Crippen LogP contribution is -2.07. The van der Waals surface area contributed by atoms with E-state index in [0.717, 1.165) is 5.69 Å². The highest BCUT2D eigenvalue weighted by Gasteiger charge is 2.14. The lowest BCUT2D eigenvalue weighted by atomic mass is 9.94. The average Bonchev–Trinajstić information content (AvgIpc) is 2.67. The van der Waals surface area contributed by atoms with E-state index in [4.69, 9.17) is 0 Å². The summed E-state index contributed by atoms with van der Waals surface area (Å²) < 4.78 is 0. The Hall–Kier alpha value is -3.19. The molecule has 3 aromatic carbocycles. The number of aromatic amines is 1. The molecule has 27 heavy (non-hydrogen) atoms. The van der Waals surface area contributed by atoms with Crippen molar-refractivity contribution in [2.24, 2.45) is 0 Å². The van der Waals surface area contributed by atoms with Gasteiger partial charge in [0.05, 0.1) is 5.39 Å². The maximum absolute atomic E-state index is 3.82. The van der Waals surface area contributed by atoms with Crippen LogP contribution in [0.15, 0.2) is 79.5 Å². The van der Waals surface area contributed by atoms with Gasteiger partial charge in [0, 0.05) is 17.0 Å². The van der Waals surface area contributed by atoms with Crippen molar-refractivity contribution < 1.29 is 4.98 Å². The van der Waals surface area contributed by atoms with Crippen molar-refractivity contribution in [1.29, 1.82) is 0 Å². The van der Waals surface area contributed by atoms with Crippen molar-refractivity contribution in [2.45, 2.75) is 20.8 Å². The minimum atomic E-state index is 1.16. The van der Waals surface area contributed by atoms with E-state index in [0.29, 0.717) is 0 Å². The number of nitrogens with one attached hydrogen (secondary N) is 1. The molecule has 4 rings (SSSR count). The Morgan fingerprint density at radius 2 is 1.67 bits per heavy atom. The van der Waals surface area contributed by atoms with Gasteiger partial charge in [0.15, 0.2) is 6.20 Å². The third-order valence-electron chi connectivity index (χ3n) is 5.26. The molecule has 0 aliphatic heterocycles. The maximum atomic E-state index is 3.82. The third-order valence-corrected chi connectivity index (χ3v) is 5.26. The molecule has 0 aliphatic rings. The molecular formula is C26H24N+. The monoisotopic (exact) mass is 350 g/mol. The van der Waals surface area contributed by atoms with E-state index in [9.17, 15) is 0 Å². The first-order chi connectivity index (χ1) is 13.1. The Balaban J connectivity index is 2.00. The molecule has 1 heteroatoms. The molecule has 0 bridgehead atoms. The zero-order chi connectivity index (χ0) is 19.0. The molecule has 0 aliphatic carbocycles. The topological polar surface area (TPSA) is 14.1 Å². The zero-order valence-corrected chi connectivity index (χ0v) is 16.1. The van der Waals surface area contributed by atoms with Gasteiger partial charge in [-0.25, -0.2) is 4.98 Å². The smallest absolute Gasteiger partial charge is 0.211 e. The summed E-state index contributed by atoms with van der Waals surface area (Å²) in [4.78, 5) is 3.49. The van der Waals surface area contributed by atoms with Crippen LogP contribution < -0.4 is 4.98 Å². The van der Waals surface area contributed by atoms with Gasteiger partial charge in [0.2, 0.25) is 5.69 Å². The lowest BCUT2D eigenvalue weighted by Gasteiger charge is -2.09. The molecule has 0 amide bonds. The van der Waals surface area contributed by atoms with Gasteiger partial charge in [-0.3, -0.25) is 0 Å². The predicted molar refractivity (Wildman–Crippen MR) is 117 cm³/mol. The summed E-state index contributed by atoms with van der Waals surface area (Å²) in [5.41, 5.74) is 7.38. The van der Waals surface area contributed by atoms with Crippen molar-refractivity contribution >= 4 is 27.1 Å². The van der Waals surface area contributed by atoms with Crippen LogP contribution >= 0.6 is 0 Å². The lowest BCUT2D eigenvalue weighted by molar-refractivity contribution is -0.362. The third kappa shape index (κ3) is 3.06. The van der Waals surface area contributed by atoms with Crippen LogP contribution in [0, 0.1) is 13.8 Å². The normalized spacial score (nSPS) is 11.9. The molecule has 0 saturated carbocycles. The fraction of sp³-hybridized carbons (Fsp3) is 0.115. The Bertz CT molecular complexity index is 1210. The van der Waals surface area contributed by atoms with Crippen LogP contribution in [0.4, 0.5) is 0 Å². The summed E-state index contributed by atoms with van der Waals surface area (Å²) in [5, 5.41) is 5.15. The number of hydrogen-bond acceptors (Lipinski definition) is 0. The quantitative estimate of drug-likeness (QED) is 0.289. The van der Waals surface area contributed by atoms with Crippen LogP contribution in [-0.2, 0) is 0 Å². The molecule has 0 saturated heterocycles. The van der Waals surface area contributed by atoms with Crippen molar-refractivity contribution in [3.05, 3.63) is 96.2 Å². The number of pyridine rings is 1. The average molecular weight is 350 g/mol. The zero-order valence-electron chi connectivity index (χ0n) is 16.1. The van der Waals surface area contributed by atoms with Gasteiger partial charge in [-0.2, -0.15) is 0 Å². The number of H-pyrrole nitrogens is 1. The molecule has 0 radical (unpaired) electrons. The number of hydrogen-bond donors (Lipinski definition) is 0.